The lowest BCUT2D eigenvalue weighted by Crippen LogP contribution is -2.42. The minimum absolute atomic E-state index is 0.0229. The maximum atomic E-state index is 2.73. The van der Waals surface area contributed by atoms with Gasteiger partial charge in [0.05, 0.1) is 6.04 Å². The fourth-order valence-electron chi connectivity index (χ4n) is 11.4. The highest BCUT2D eigenvalue weighted by molar-refractivity contribution is 5.68. The summed E-state index contributed by atoms with van der Waals surface area (Å²) in [7, 11) is 0. The molecule has 0 amide bonds. The van der Waals surface area contributed by atoms with Crippen LogP contribution in [-0.4, -0.2) is 12.1 Å². The molecule has 3 aromatic rings. The molecule has 0 bridgehead atoms. The van der Waals surface area contributed by atoms with E-state index in [-0.39, 0.29) is 16.9 Å². The smallest absolute Gasteiger partial charge is 0.0565 e. The Bertz CT molecular complexity index is 2230. The largest absolute Gasteiger partial charge is 0.341 e. The van der Waals surface area contributed by atoms with Crippen molar-refractivity contribution in [2.75, 3.05) is 9.80 Å². The van der Waals surface area contributed by atoms with Crippen molar-refractivity contribution in [2.24, 2.45) is 0 Å². The third-order valence-electron chi connectivity index (χ3n) is 14.2. The lowest BCUT2D eigenvalue weighted by atomic mass is 9.64. The summed E-state index contributed by atoms with van der Waals surface area (Å²) in [5.74, 6) is 1.02. The molecular formula is C52H54N2. The summed E-state index contributed by atoms with van der Waals surface area (Å²) in [6.45, 7) is 7.42. The van der Waals surface area contributed by atoms with Crippen LogP contribution in [0.2, 0.25) is 0 Å². The number of para-hydroxylation sites is 1. The molecule has 0 N–H and O–H groups in total. The van der Waals surface area contributed by atoms with Crippen molar-refractivity contribution in [2.45, 2.75) is 113 Å². The van der Waals surface area contributed by atoms with Crippen molar-refractivity contribution in [1.82, 2.24) is 0 Å². The van der Waals surface area contributed by atoms with Crippen LogP contribution in [0, 0.1) is 0 Å². The summed E-state index contributed by atoms with van der Waals surface area (Å²) in [5.41, 5.74) is 16.2. The van der Waals surface area contributed by atoms with E-state index in [1.54, 1.807) is 11.1 Å². The van der Waals surface area contributed by atoms with Crippen molar-refractivity contribution >= 4 is 11.4 Å². The molecule has 0 aromatic heterocycles. The molecule has 0 spiro atoms. The minimum Gasteiger partial charge on any atom is -0.341 e. The van der Waals surface area contributed by atoms with Gasteiger partial charge in [0.25, 0.3) is 0 Å². The predicted molar refractivity (Wildman–Crippen MR) is 227 cm³/mol. The standard InChI is InChI=1S/C52H54N2/c1-51(2)47-23-12-10-21-43(47)44-30-29-42(34-48(44)51)53(41-20-14-17-37(33-41)36-15-6-4-7-16-36)40-27-25-38(26-28-40)52(3)32-31-50-46(35-52)45-22-11-13-24-49(45)54(50)39-18-8-5-9-19-39/h4-6,8,10-15,17-18,21-29,33-34,41,44,46,50H,7,9,16,19-20,30-32,35H2,1-3H3. The number of anilines is 2. The van der Waals surface area contributed by atoms with E-state index in [4.69, 9.17) is 0 Å². The van der Waals surface area contributed by atoms with Crippen molar-refractivity contribution in [3.63, 3.8) is 0 Å². The van der Waals surface area contributed by atoms with Gasteiger partial charge in [-0.25, -0.2) is 0 Å². The Balaban J connectivity index is 0.987. The normalized spacial score (nSPS) is 28.9. The molecule has 2 nitrogen and oxygen atoms in total. The maximum Gasteiger partial charge on any atom is 0.0565 e. The van der Waals surface area contributed by atoms with Gasteiger partial charge >= 0.3 is 0 Å². The van der Waals surface area contributed by atoms with Crippen LogP contribution >= 0.6 is 0 Å². The first-order valence-electron chi connectivity index (χ1n) is 20.8. The molecule has 0 radical (unpaired) electrons. The third kappa shape index (κ3) is 5.51. The highest BCUT2D eigenvalue weighted by Gasteiger charge is 2.48. The van der Waals surface area contributed by atoms with Crippen molar-refractivity contribution in [1.29, 1.82) is 0 Å². The topological polar surface area (TPSA) is 6.48 Å². The van der Waals surface area contributed by atoms with Crippen LogP contribution in [0.25, 0.3) is 0 Å². The van der Waals surface area contributed by atoms with Gasteiger partial charge in [0, 0.05) is 46.1 Å². The van der Waals surface area contributed by atoms with Crippen LogP contribution in [0.4, 0.5) is 11.4 Å². The van der Waals surface area contributed by atoms with E-state index in [0.29, 0.717) is 17.9 Å². The molecule has 54 heavy (non-hydrogen) atoms. The molecule has 1 saturated carbocycles. The van der Waals surface area contributed by atoms with Gasteiger partial charge in [-0.15, -0.1) is 0 Å². The molecule has 6 aliphatic carbocycles. The van der Waals surface area contributed by atoms with E-state index >= 15 is 0 Å². The molecule has 3 aromatic carbocycles. The number of fused-ring (bicyclic) bond motifs is 6. The zero-order valence-electron chi connectivity index (χ0n) is 32.3. The third-order valence-corrected chi connectivity index (χ3v) is 14.2. The van der Waals surface area contributed by atoms with Crippen LogP contribution in [0.1, 0.15) is 113 Å². The zero-order chi connectivity index (χ0) is 36.4. The van der Waals surface area contributed by atoms with E-state index in [0.717, 1.165) is 38.5 Å². The monoisotopic (exact) mass is 706 g/mol. The number of benzene rings is 3. The lowest BCUT2D eigenvalue weighted by molar-refractivity contribution is 0.265. The number of hydrogen-bond acceptors (Lipinski definition) is 2. The van der Waals surface area contributed by atoms with Crippen LogP contribution in [0.15, 0.2) is 168 Å². The maximum absolute atomic E-state index is 2.73. The van der Waals surface area contributed by atoms with E-state index in [2.05, 4.69) is 170 Å². The average Bonchev–Trinajstić information content (AvgIpc) is 3.66. The Kier molecular flexibility index (Phi) is 8.24. The van der Waals surface area contributed by atoms with Crippen molar-refractivity contribution in [3.05, 3.63) is 190 Å². The van der Waals surface area contributed by atoms with Gasteiger partial charge < -0.3 is 9.80 Å². The Hall–Kier alpha value is -4.82. The van der Waals surface area contributed by atoms with Crippen LogP contribution < -0.4 is 9.80 Å². The Morgan fingerprint density at radius 1 is 0.778 bits per heavy atom. The SMILES string of the molecule is CC1(c2ccc(N(C3=CCC4C(=C3)C(C)(C)c3ccccc34)C3C=C(C4=CC=CCC4)C=CC3)cc2)CCC2C(C1)c1ccccc1N2C1=CC=CCC1. The summed E-state index contributed by atoms with van der Waals surface area (Å²) < 4.78 is 0. The quantitative estimate of drug-likeness (QED) is 0.252. The van der Waals surface area contributed by atoms with Gasteiger partial charge in [-0.2, -0.15) is 0 Å². The summed E-state index contributed by atoms with van der Waals surface area (Å²) in [4.78, 5) is 5.40. The van der Waals surface area contributed by atoms with Gasteiger partial charge in [0.1, 0.15) is 0 Å². The molecule has 2 heteroatoms. The number of hydrogen-bond donors (Lipinski definition) is 0. The molecule has 0 saturated heterocycles. The first kappa shape index (κ1) is 33.7. The highest BCUT2D eigenvalue weighted by Crippen LogP contribution is 2.56. The van der Waals surface area contributed by atoms with E-state index < -0.39 is 0 Å². The van der Waals surface area contributed by atoms with Gasteiger partial charge in [-0.05, 0) is 127 Å². The van der Waals surface area contributed by atoms with Crippen molar-refractivity contribution < 1.29 is 0 Å². The van der Waals surface area contributed by atoms with E-state index in [1.807, 2.05) is 0 Å². The van der Waals surface area contributed by atoms with E-state index in [1.165, 1.54) is 69.9 Å². The predicted octanol–water partition coefficient (Wildman–Crippen LogP) is 13.0. The number of rotatable bonds is 6. The molecule has 7 aliphatic rings. The molecule has 5 unspecified atom stereocenters. The fourth-order valence-corrected chi connectivity index (χ4v) is 11.4. The average molecular weight is 707 g/mol. The molecule has 272 valence electrons. The second kappa shape index (κ2) is 13.2. The summed E-state index contributed by atoms with van der Waals surface area (Å²) >= 11 is 0. The summed E-state index contributed by atoms with van der Waals surface area (Å²) in [6, 6.07) is 29.1. The Morgan fingerprint density at radius 2 is 1.56 bits per heavy atom. The number of nitrogens with zero attached hydrogens (tertiary/aromatic N) is 2. The Labute approximate surface area is 323 Å². The lowest BCUT2D eigenvalue weighted by Gasteiger charge is -2.44. The second-order valence-corrected chi connectivity index (χ2v) is 17.7. The van der Waals surface area contributed by atoms with Gasteiger partial charge in [0.2, 0.25) is 0 Å². The van der Waals surface area contributed by atoms with Crippen LogP contribution in [0.3, 0.4) is 0 Å². The van der Waals surface area contributed by atoms with Crippen molar-refractivity contribution in [3.8, 4) is 0 Å². The minimum atomic E-state index is 0.0229. The molecular weight excluding hydrogens is 653 g/mol. The fraction of sp³-hybridized carbons (Fsp3) is 0.346. The highest BCUT2D eigenvalue weighted by atomic mass is 15.2. The van der Waals surface area contributed by atoms with Gasteiger partial charge in [0.15, 0.2) is 0 Å². The molecule has 10 rings (SSSR count). The molecule has 1 aliphatic heterocycles. The molecule has 1 fully saturated rings. The molecule has 1 heterocycles. The van der Waals surface area contributed by atoms with E-state index in [9.17, 15) is 0 Å². The van der Waals surface area contributed by atoms with Gasteiger partial charge in [-0.3, -0.25) is 0 Å². The first-order valence-corrected chi connectivity index (χ1v) is 20.8. The summed E-state index contributed by atoms with van der Waals surface area (Å²) in [6.07, 6.45) is 36.5. The zero-order valence-corrected chi connectivity index (χ0v) is 32.3. The number of allylic oxidation sites excluding steroid dienone is 13. The second-order valence-electron chi connectivity index (χ2n) is 17.7. The molecule has 5 atom stereocenters. The summed E-state index contributed by atoms with van der Waals surface area (Å²) in [5, 5.41) is 0. The van der Waals surface area contributed by atoms with Gasteiger partial charge in [-0.1, -0.05) is 136 Å². The van der Waals surface area contributed by atoms with Crippen LogP contribution in [0.5, 0.6) is 0 Å². The van der Waals surface area contributed by atoms with Crippen LogP contribution in [-0.2, 0) is 10.8 Å². The Morgan fingerprint density at radius 3 is 2.35 bits per heavy atom. The first-order chi connectivity index (χ1) is 26.4.